The second-order valence-electron chi connectivity index (χ2n) is 7.54. The SMILES string of the molecule is Cc1ccc(C(C)(C)COCc2cccc(Oc3ccc(F)cc3)c2)cc1F. The summed E-state index contributed by atoms with van der Waals surface area (Å²) in [4.78, 5) is 0. The van der Waals surface area contributed by atoms with Crippen LogP contribution in [0, 0.1) is 18.6 Å². The molecule has 4 heteroatoms. The molecule has 0 radical (unpaired) electrons. The first-order chi connectivity index (χ1) is 13.3. The van der Waals surface area contributed by atoms with E-state index in [2.05, 4.69) is 0 Å². The Morgan fingerprint density at radius 3 is 2.32 bits per heavy atom. The molecule has 3 aromatic rings. The minimum atomic E-state index is -0.309. The molecule has 0 aromatic heterocycles. The fourth-order valence-corrected chi connectivity index (χ4v) is 2.86. The van der Waals surface area contributed by atoms with Crippen LogP contribution in [0.4, 0.5) is 8.78 Å². The minimum Gasteiger partial charge on any atom is -0.457 e. The van der Waals surface area contributed by atoms with Gasteiger partial charge in [0.1, 0.15) is 23.1 Å². The molecule has 0 aliphatic carbocycles. The number of hydrogen-bond acceptors (Lipinski definition) is 2. The summed E-state index contributed by atoms with van der Waals surface area (Å²) in [5, 5.41) is 0. The number of halogens is 2. The highest BCUT2D eigenvalue weighted by atomic mass is 19.1. The predicted molar refractivity (Wildman–Crippen MR) is 107 cm³/mol. The molecule has 0 amide bonds. The van der Waals surface area contributed by atoms with Gasteiger partial charge in [-0.1, -0.05) is 38.1 Å². The highest BCUT2D eigenvalue weighted by Gasteiger charge is 2.22. The maximum Gasteiger partial charge on any atom is 0.127 e. The smallest absolute Gasteiger partial charge is 0.127 e. The zero-order chi connectivity index (χ0) is 20.1. The molecule has 0 N–H and O–H groups in total. The van der Waals surface area contributed by atoms with Crippen LogP contribution in [0.1, 0.15) is 30.5 Å². The van der Waals surface area contributed by atoms with Crippen LogP contribution in [0.25, 0.3) is 0 Å². The van der Waals surface area contributed by atoms with Gasteiger partial charge in [0.2, 0.25) is 0 Å². The van der Waals surface area contributed by atoms with E-state index in [0.717, 1.165) is 11.1 Å². The molecule has 0 saturated heterocycles. The zero-order valence-corrected chi connectivity index (χ0v) is 16.3. The van der Waals surface area contributed by atoms with Crippen molar-refractivity contribution in [3.05, 3.63) is 95.1 Å². The number of benzene rings is 3. The second kappa shape index (κ2) is 8.53. The predicted octanol–water partition coefficient (Wildman–Crippen LogP) is 6.56. The lowest BCUT2D eigenvalue weighted by Crippen LogP contribution is -2.24. The largest absolute Gasteiger partial charge is 0.457 e. The van der Waals surface area contributed by atoms with Crippen molar-refractivity contribution in [2.24, 2.45) is 0 Å². The molecule has 0 aliphatic rings. The molecule has 0 fully saturated rings. The van der Waals surface area contributed by atoms with Gasteiger partial charge < -0.3 is 9.47 Å². The van der Waals surface area contributed by atoms with Gasteiger partial charge in [0.05, 0.1) is 13.2 Å². The average molecular weight is 382 g/mol. The third-order valence-electron chi connectivity index (χ3n) is 4.63. The summed E-state index contributed by atoms with van der Waals surface area (Å²) in [5.74, 6) is 0.733. The van der Waals surface area contributed by atoms with Gasteiger partial charge in [-0.05, 0) is 66.1 Å². The molecular weight excluding hydrogens is 358 g/mol. The Bertz CT molecular complexity index is 934. The number of hydrogen-bond donors (Lipinski definition) is 0. The Labute approximate surface area is 164 Å². The van der Waals surface area contributed by atoms with Crippen molar-refractivity contribution in [1.29, 1.82) is 0 Å². The molecule has 0 bridgehead atoms. The Morgan fingerprint density at radius 2 is 1.61 bits per heavy atom. The van der Waals surface area contributed by atoms with Crippen molar-refractivity contribution in [3.8, 4) is 11.5 Å². The fraction of sp³-hybridized carbons (Fsp3) is 0.250. The summed E-state index contributed by atoms with van der Waals surface area (Å²) >= 11 is 0. The van der Waals surface area contributed by atoms with E-state index in [-0.39, 0.29) is 17.0 Å². The van der Waals surface area contributed by atoms with Gasteiger partial charge >= 0.3 is 0 Å². The first kappa shape index (κ1) is 20.0. The molecular formula is C24H24F2O2. The fourth-order valence-electron chi connectivity index (χ4n) is 2.86. The monoisotopic (exact) mass is 382 g/mol. The summed E-state index contributed by atoms with van der Waals surface area (Å²) in [6.07, 6.45) is 0. The van der Waals surface area contributed by atoms with Crippen LogP contribution in [0.15, 0.2) is 66.7 Å². The summed E-state index contributed by atoms with van der Waals surface area (Å²) < 4.78 is 38.5. The molecule has 0 unspecified atom stereocenters. The lowest BCUT2D eigenvalue weighted by molar-refractivity contribution is 0.0823. The maximum absolute atomic E-state index is 13.9. The van der Waals surface area contributed by atoms with Crippen molar-refractivity contribution in [3.63, 3.8) is 0 Å². The minimum absolute atomic E-state index is 0.198. The Morgan fingerprint density at radius 1 is 0.857 bits per heavy atom. The van der Waals surface area contributed by atoms with Crippen molar-refractivity contribution in [1.82, 2.24) is 0 Å². The van der Waals surface area contributed by atoms with Crippen LogP contribution in [-0.2, 0) is 16.8 Å². The standard InChI is InChI=1S/C24H24F2O2/c1-17-7-8-19(14-23(17)26)24(2,3)16-27-15-18-5-4-6-22(13-18)28-21-11-9-20(25)10-12-21/h4-14H,15-16H2,1-3H3. The Balaban J connectivity index is 1.59. The number of aryl methyl sites for hydroxylation is 1. The second-order valence-corrected chi connectivity index (χ2v) is 7.54. The van der Waals surface area contributed by atoms with E-state index in [0.29, 0.717) is 30.3 Å². The maximum atomic E-state index is 13.9. The van der Waals surface area contributed by atoms with Gasteiger partial charge in [0.15, 0.2) is 0 Å². The molecule has 3 aromatic carbocycles. The molecule has 2 nitrogen and oxygen atoms in total. The summed E-state index contributed by atoms with van der Waals surface area (Å²) in [6.45, 7) is 6.69. The molecule has 146 valence electrons. The van der Waals surface area contributed by atoms with Crippen LogP contribution in [0.3, 0.4) is 0 Å². The average Bonchev–Trinajstić information content (AvgIpc) is 2.66. The van der Waals surface area contributed by atoms with E-state index in [1.807, 2.05) is 44.2 Å². The first-order valence-corrected chi connectivity index (χ1v) is 9.20. The van der Waals surface area contributed by atoms with E-state index >= 15 is 0 Å². The lowest BCUT2D eigenvalue weighted by atomic mass is 9.85. The van der Waals surface area contributed by atoms with Crippen LogP contribution in [0.2, 0.25) is 0 Å². The van der Waals surface area contributed by atoms with Crippen molar-refractivity contribution >= 4 is 0 Å². The molecule has 3 rings (SSSR count). The van der Waals surface area contributed by atoms with E-state index in [1.165, 1.54) is 12.1 Å². The van der Waals surface area contributed by atoms with E-state index < -0.39 is 0 Å². The molecule has 0 saturated carbocycles. The summed E-state index contributed by atoms with van der Waals surface area (Å²) in [5.41, 5.74) is 2.20. The van der Waals surface area contributed by atoms with E-state index in [9.17, 15) is 8.78 Å². The van der Waals surface area contributed by atoms with Crippen molar-refractivity contribution in [2.45, 2.75) is 32.8 Å². The van der Waals surface area contributed by atoms with E-state index in [4.69, 9.17) is 9.47 Å². The molecule has 0 aliphatic heterocycles. The van der Waals surface area contributed by atoms with Gasteiger partial charge in [-0.15, -0.1) is 0 Å². The topological polar surface area (TPSA) is 18.5 Å². The normalized spacial score (nSPS) is 11.5. The highest BCUT2D eigenvalue weighted by Crippen LogP contribution is 2.26. The van der Waals surface area contributed by atoms with Gasteiger partial charge in [0, 0.05) is 5.41 Å². The third-order valence-corrected chi connectivity index (χ3v) is 4.63. The summed E-state index contributed by atoms with van der Waals surface area (Å²) in [6, 6.07) is 18.8. The van der Waals surface area contributed by atoms with Crippen LogP contribution < -0.4 is 4.74 Å². The number of rotatable bonds is 7. The zero-order valence-electron chi connectivity index (χ0n) is 16.3. The Kier molecular flexibility index (Phi) is 6.10. The third kappa shape index (κ3) is 5.17. The molecule has 28 heavy (non-hydrogen) atoms. The van der Waals surface area contributed by atoms with Crippen LogP contribution in [0.5, 0.6) is 11.5 Å². The van der Waals surface area contributed by atoms with Gasteiger partial charge in [-0.25, -0.2) is 8.78 Å². The first-order valence-electron chi connectivity index (χ1n) is 9.20. The quantitative estimate of drug-likeness (QED) is 0.461. The van der Waals surface area contributed by atoms with Crippen molar-refractivity contribution in [2.75, 3.05) is 6.61 Å². The van der Waals surface area contributed by atoms with Crippen LogP contribution in [-0.4, -0.2) is 6.61 Å². The van der Waals surface area contributed by atoms with Gasteiger partial charge in [0.25, 0.3) is 0 Å². The lowest BCUT2D eigenvalue weighted by Gasteiger charge is -2.25. The number of ether oxygens (including phenoxy) is 2. The van der Waals surface area contributed by atoms with E-state index in [1.54, 1.807) is 31.2 Å². The highest BCUT2D eigenvalue weighted by molar-refractivity contribution is 5.34. The molecule has 0 spiro atoms. The summed E-state index contributed by atoms with van der Waals surface area (Å²) in [7, 11) is 0. The van der Waals surface area contributed by atoms with Crippen LogP contribution >= 0.6 is 0 Å². The van der Waals surface area contributed by atoms with Crippen molar-refractivity contribution < 1.29 is 18.3 Å². The van der Waals surface area contributed by atoms with Gasteiger partial charge in [-0.2, -0.15) is 0 Å². The molecule has 0 heterocycles. The molecule has 0 atom stereocenters. The Hall–Kier alpha value is -2.72. The van der Waals surface area contributed by atoms with Gasteiger partial charge in [-0.3, -0.25) is 0 Å².